The minimum Gasteiger partial charge on any atom is -0.374 e. The van der Waals surface area contributed by atoms with Gasteiger partial charge >= 0.3 is 0 Å². The Kier molecular flexibility index (Phi) is 3.16. The first-order valence-electron chi connectivity index (χ1n) is 4.59. The van der Waals surface area contributed by atoms with Crippen LogP contribution in [0.25, 0.3) is 0 Å². The van der Waals surface area contributed by atoms with Crippen LogP contribution in [0, 0.1) is 0 Å². The third kappa shape index (κ3) is 2.37. The molecule has 16 heavy (non-hydrogen) atoms. The molecule has 7 heteroatoms. The molecule has 0 aliphatic carbocycles. The third-order valence-corrected chi connectivity index (χ3v) is 3.48. The zero-order valence-corrected chi connectivity index (χ0v) is 10.1. The molecule has 0 aliphatic heterocycles. The van der Waals surface area contributed by atoms with Crippen LogP contribution in [-0.2, 0) is 0 Å². The summed E-state index contributed by atoms with van der Waals surface area (Å²) in [4.78, 5) is 11.7. The number of anilines is 1. The molecule has 0 radical (unpaired) electrons. The molecule has 0 aliphatic rings. The van der Waals surface area contributed by atoms with Crippen LogP contribution in [0.5, 0.6) is 0 Å². The van der Waals surface area contributed by atoms with Gasteiger partial charge in [0.1, 0.15) is 0 Å². The molecule has 0 saturated heterocycles. The van der Waals surface area contributed by atoms with E-state index in [1.807, 2.05) is 23.8 Å². The molecule has 2 rings (SSSR count). The van der Waals surface area contributed by atoms with Crippen molar-refractivity contribution in [2.75, 3.05) is 5.73 Å². The number of thiophene rings is 1. The zero-order valence-electron chi connectivity index (χ0n) is 8.51. The lowest BCUT2D eigenvalue weighted by molar-refractivity contribution is 0.0939. The van der Waals surface area contributed by atoms with Crippen molar-refractivity contribution in [1.29, 1.82) is 0 Å². The van der Waals surface area contributed by atoms with Crippen molar-refractivity contribution < 1.29 is 4.79 Å². The van der Waals surface area contributed by atoms with Crippen molar-refractivity contribution in [2.24, 2.45) is 0 Å². The number of rotatable bonds is 3. The standard InChI is InChI=1S/C9H10N4OS2/c1-5(6-2-3-15-4-6)11-7(14)8-12-13-9(10)16-8/h2-5H,1H3,(H2,10,13)(H,11,14). The zero-order chi connectivity index (χ0) is 11.5. The molecule has 2 heterocycles. The fourth-order valence-corrected chi connectivity index (χ4v) is 2.46. The van der Waals surface area contributed by atoms with Gasteiger partial charge in [0, 0.05) is 0 Å². The second-order valence-electron chi connectivity index (χ2n) is 3.20. The SMILES string of the molecule is CC(NC(=O)c1nnc(N)s1)c1ccsc1. The summed E-state index contributed by atoms with van der Waals surface area (Å²) in [5.74, 6) is -0.243. The minimum atomic E-state index is -0.243. The quantitative estimate of drug-likeness (QED) is 0.873. The fraction of sp³-hybridized carbons (Fsp3) is 0.222. The Hall–Kier alpha value is -1.47. The van der Waals surface area contributed by atoms with E-state index in [0.29, 0.717) is 10.1 Å². The van der Waals surface area contributed by atoms with Crippen molar-refractivity contribution in [3.05, 3.63) is 27.4 Å². The summed E-state index contributed by atoms with van der Waals surface area (Å²) in [7, 11) is 0. The van der Waals surface area contributed by atoms with Crippen LogP contribution in [0.15, 0.2) is 16.8 Å². The van der Waals surface area contributed by atoms with Crippen LogP contribution in [-0.4, -0.2) is 16.1 Å². The van der Waals surface area contributed by atoms with Crippen molar-refractivity contribution in [3.8, 4) is 0 Å². The normalized spacial score (nSPS) is 12.3. The Morgan fingerprint density at radius 3 is 2.94 bits per heavy atom. The van der Waals surface area contributed by atoms with Gasteiger partial charge in [0.25, 0.3) is 5.91 Å². The molecule has 3 N–H and O–H groups in total. The van der Waals surface area contributed by atoms with E-state index in [0.717, 1.165) is 16.9 Å². The lowest BCUT2D eigenvalue weighted by atomic mass is 10.2. The van der Waals surface area contributed by atoms with E-state index in [1.54, 1.807) is 11.3 Å². The highest BCUT2D eigenvalue weighted by Gasteiger charge is 2.15. The molecule has 1 atom stereocenters. The number of nitrogens with zero attached hydrogens (tertiary/aromatic N) is 2. The van der Waals surface area contributed by atoms with Crippen molar-refractivity contribution in [3.63, 3.8) is 0 Å². The summed E-state index contributed by atoms with van der Waals surface area (Å²) < 4.78 is 0. The van der Waals surface area contributed by atoms with Crippen molar-refractivity contribution in [1.82, 2.24) is 15.5 Å². The molecule has 5 nitrogen and oxygen atoms in total. The van der Waals surface area contributed by atoms with Crippen LogP contribution >= 0.6 is 22.7 Å². The van der Waals surface area contributed by atoms with Crippen LogP contribution in [0.4, 0.5) is 5.13 Å². The number of hydrogen-bond donors (Lipinski definition) is 2. The van der Waals surface area contributed by atoms with Crippen LogP contribution in [0.1, 0.15) is 28.3 Å². The molecule has 0 saturated carbocycles. The Bertz CT molecular complexity index is 479. The van der Waals surface area contributed by atoms with Gasteiger partial charge in [-0.25, -0.2) is 0 Å². The number of nitrogen functional groups attached to an aromatic ring is 1. The van der Waals surface area contributed by atoms with Gasteiger partial charge in [-0.05, 0) is 29.3 Å². The van der Waals surface area contributed by atoms with E-state index in [-0.39, 0.29) is 11.9 Å². The van der Waals surface area contributed by atoms with Gasteiger partial charge in [-0.2, -0.15) is 11.3 Å². The summed E-state index contributed by atoms with van der Waals surface area (Å²) in [6, 6.07) is 1.94. The fourth-order valence-electron chi connectivity index (χ4n) is 1.19. The number of hydrogen-bond acceptors (Lipinski definition) is 6. The van der Waals surface area contributed by atoms with E-state index in [1.165, 1.54) is 0 Å². The second-order valence-corrected chi connectivity index (χ2v) is 4.99. The third-order valence-electron chi connectivity index (χ3n) is 2.03. The highest BCUT2D eigenvalue weighted by atomic mass is 32.1. The molecule has 0 fully saturated rings. The van der Waals surface area contributed by atoms with Gasteiger partial charge in [0.15, 0.2) is 0 Å². The average molecular weight is 254 g/mol. The molecule has 1 unspecified atom stereocenters. The first kappa shape index (κ1) is 11.0. The summed E-state index contributed by atoms with van der Waals surface area (Å²) in [6.07, 6.45) is 0. The summed E-state index contributed by atoms with van der Waals surface area (Å²) >= 11 is 2.68. The van der Waals surface area contributed by atoms with Gasteiger partial charge in [0.2, 0.25) is 10.1 Å². The predicted molar refractivity (Wildman–Crippen MR) is 64.5 cm³/mol. The van der Waals surface area contributed by atoms with E-state index < -0.39 is 0 Å². The molecule has 2 aromatic rings. The van der Waals surface area contributed by atoms with Crippen LogP contribution in [0.3, 0.4) is 0 Å². The molecule has 0 spiro atoms. The number of nitrogens with one attached hydrogen (secondary N) is 1. The van der Waals surface area contributed by atoms with Crippen molar-refractivity contribution in [2.45, 2.75) is 13.0 Å². The molecule has 84 valence electrons. The smallest absolute Gasteiger partial charge is 0.282 e. The molecular weight excluding hydrogens is 244 g/mol. The Balaban J connectivity index is 2.03. The van der Waals surface area contributed by atoms with Gasteiger partial charge in [-0.15, -0.1) is 10.2 Å². The van der Waals surface area contributed by atoms with E-state index in [9.17, 15) is 4.79 Å². The maximum absolute atomic E-state index is 11.7. The number of nitrogens with two attached hydrogens (primary N) is 1. The Morgan fingerprint density at radius 1 is 1.56 bits per heavy atom. The number of carbonyl (C=O) groups is 1. The van der Waals surface area contributed by atoms with E-state index >= 15 is 0 Å². The van der Waals surface area contributed by atoms with Crippen LogP contribution < -0.4 is 11.1 Å². The lowest BCUT2D eigenvalue weighted by Gasteiger charge is -2.10. The number of amides is 1. The number of aromatic nitrogens is 2. The average Bonchev–Trinajstić information content (AvgIpc) is 2.87. The maximum atomic E-state index is 11.7. The highest BCUT2D eigenvalue weighted by molar-refractivity contribution is 7.16. The molecular formula is C9H10N4OS2. The minimum absolute atomic E-state index is 0.0381. The maximum Gasteiger partial charge on any atom is 0.282 e. The largest absolute Gasteiger partial charge is 0.374 e. The summed E-state index contributed by atoms with van der Waals surface area (Å²) in [6.45, 7) is 1.92. The first-order valence-corrected chi connectivity index (χ1v) is 6.34. The van der Waals surface area contributed by atoms with E-state index in [4.69, 9.17) is 5.73 Å². The predicted octanol–water partition coefficient (Wildman–Crippen LogP) is 1.67. The molecule has 2 aromatic heterocycles. The molecule has 1 amide bonds. The van der Waals surface area contributed by atoms with Gasteiger partial charge < -0.3 is 11.1 Å². The monoisotopic (exact) mass is 254 g/mol. The van der Waals surface area contributed by atoms with E-state index in [2.05, 4.69) is 15.5 Å². The van der Waals surface area contributed by atoms with Gasteiger partial charge in [-0.3, -0.25) is 4.79 Å². The second kappa shape index (κ2) is 4.58. The number of carbonyl (C=O) groups excluding carboxylic acids is 1. The summed E-state index contributed by atoms with van der Waals surface area (Å²) in [5, 5.41) is 14.7. The van der Waals surface area contributed by atoms with Gasteiger partial charge in [0.05, 0.1) is 6.04 Å². The lowest BCUT2D eigenvalue weighted by Crippen LogP contribution is -2.26. The van der Waals surface area contributed by atoms with Crippen molar-refractivity contribution >= 4 is 33.7 Å². The summed E-state index contributed by atoms with van der Waals surface area (Å²) in [5.41, 5.74) is 6.49. The Morgan fingerprint density at radius 2 is 2.38 bits per heavy atom. The first-order chi connectivity index (χ1) is 7.66. The highest BCUT2D eigenvalue weighted by Crippen LogP contribution is 2.17. The molecule has 0 aromatic carbocycles. The van der Waals surface area contributed by atoms with Gasteiger partial charge in [-0.1, -0.05) is 11.3 Å². The molecule has 0 bridgehead atoms. The topological polar surface area (TPSA) is 80.9 Å². The Labute approximate surface area is 100 Å². The van der Waals surface area contributed by atoms with Crippen LogP contribution in [0.2, 0.25) is 0 Å².